The Kier molecular flexibility index (Phi) is 4.79. The Hall–Kier alpha value is -0.480. The van der Waals surface area contributed by atoms with Crippen molar-refractivity contribution < 1.29 is 16.8 Å². The Balaban J connectivity index is 2.53. The molecule has 1 unspecified atom stereocenters. The monoisotopic (exact) mass is 370 g/mol. The Bertz CT molecular complexity index is 749. The zero-order valence-electron chi connectivity index (χ0n) is 11.2. The molecule has 1 aliphatic heterocycles. The summed E-state index contributed by atoms with van der Waals surface area (Å²) in [5.74, 6) is 0.740. The van der Waals surface area contributed by atoms with Crippen LogP contribution in [-0.4, -0.2) is 50.8 Å². The second-order valence-electron chi connectivity index (χ2n) is 4.66. The first-order valence-corrected chi connectivity index (χ1v) is 10.9. The molecule has 118 valence electrons. The number of hydrogen-bond donors (Lipinski definition) is 1. The van der Waals surface area contributed by atoms with E-state index in [1.165, 1.54) is 30.0 Å². The van der Waals surface area contributed by atoms with Crippen LogP contribution in [0.15, 0.2) is 23.1 Å². The summed E-state index contributed by atoms with van der Waals surface area (Å²) >= 11 is 7.24. The fourth-order valence-corrected chi connectivity index (χ4v) is 7.59. The van der Waals surface area contributed by atoms with Crippen LogP contribution in [0.2, 0.25) is 5.02 Å². The highest BCUT2D eigenvalue weighted by molar-refractivity contribution is 8.01. The maximum absolute atomic E-state index is 12.7. The molecule has 0 aromatic heterocycles. The quantitative estimate of drug-likeness (QED) is 0.798. The van der Waals surface area contributed by atoms with Crippen LogP contribution >= 0.6 is 23.4 Å². The number of halogens is 1. The van der Waals surface area contributed by atoms with Gasteiger partial charge in [-0.05, 0) is 18.2 Å². The van der Waals surface area contributed by atoms with Crippen LogP contribution in [-0.2, 0) is 19.9 Å². The minimum Gasteiger partial charge on any atom is -0.398 e. The number of rotatable bonds is 3. The summed E-state index contributed by atoms with van der Waals surface area (Å²) in [6.45, 7) is 0.122. The maximum Gasteiger partial charge on any atom is 0.246 e. The lowest BCUT2D eigenvalue weighted by Gasteiger charge is -2.33. The predicted octanol–water partition coefficient (Wildman–Crippen LogP) is 1.03. The molecule has 6 nitrogen and oxygen atoms in total. The Morgan fingerprint density at radius 2 is 2.00 bits per heavy atom. The SMILES string of the molecule is CS(=O)(=O)C1CSCCN1S(=O)(=O)c1cc(Cl)ccc1N. The molecule has 0 aliphatic carbocycles. The number of hydrogen-bond acceptors (Lipinski definition) is 6. The maximum atomic E-state index is 12.7. The number of nitrogens with zero attached hydrogens (tertiary/aromatic N) is 1. The number of sulfonamides is 1. The summed E-state index contributed by atoms with van der Waals surface area (Å²) in [4.78, 5) is -0.157. The van der Waals surface area contributed by atoms with E-state index >= 15 is 0 Å². The number of nitrogen functional groups attached to an aromatic ring is 1. The molecule has 10 heteroatoms. The highest BCUT2D eigenvalue weighted by Crippen LogP contribution is 2.31. The Morgan fingerprint density at radius 3 is 2.62 bits per heavy atom. The van der Waals surface area contributed by atoms with Gasteiger partial charge in [0.1, 0.15) is 10.3 Å². The van der Waals surface area contributed by atoms with Gasteiger partial charge in [-0.15, -0.1) is 0 Å². The van der Waals surface area contributed by atoms with E-state index in [9.17, 15) is 16.8 Å². The number of nitrogens with two attached hydrogens (primary N) is 1. The molecule has 0 radical (unpaired) electrons. The largest absolute Gasteiger partial charge is 0.398 e. The number of benzene rings is 1. The number of anilines is 1. The molecule has 1 saturated heterocycles. The molecule has 0 bridgehead atoms. The van der Waals surface area contributed by atoms with Gasteiger partial charge in [-0.3, -0.25) is 0 Å². The zero-order chi connectivity index (χ0) is 15.8. The van der Waals surface area contributed by atoms with E-state index in [4.69, 9.17) is 17.3 Å². The summed E-state index contributed by atoms with van der Waals surface area (Å²) in [6.07, 6.45) is 1.04. The molecule has 2 rings (SSSR count). The van der Waals surface area contributed by atoms with Crippen molar-refractivity contribution in [3.63, 3.8) is 0 Å². The van der Waals surface area contributed by atoms with Gasteiger partial charge in [-0.1, -0.05) is 11.6 Å². The van der Waals surface area contributed by atoms with Crippen LogP contribution in [0.25, 0.3) is 0 Å². The molecule has 21 heavy (non-hydrogen) atoms. The number of sulfone groups is 1. The topological polar surface area (TPSA) is 97.5 Å². The van der Waals surface area contributed by atoms with Crippen molar-refractivity contribution in [3.8, 4) is 0 Å². The van der Waals surface area contributed by atoms with E-state index in [1.807, 2.05) is 0 Å². The van der Waals surface area contributed by atoms with Gasteiger partial charge in [-0.25, -0.2) is 16.8 Å². The van der Waals surface area contributed by atoms with Gasteiger partial charge in [-0.2, -0.15) is 16.1 Å². The zero-order valence-corrected chi connectivity index (χ0v) is 14.4. The molecule has 1 fully saturated rings. The van der Waals surface area contributed by atoms with E-state index in [1.54, 1.807) is 0 Å². The highest BCUT2D eigenvalue weighted by Gasteiger charge is 2.40. The third-order valence-electron chi connectivity index (χ3n) is 3.09. The normalized spacial score (nSPS) is 21.3. The fourth-order valence-electron chi connectivity index (χ4n) is 2.04. The van der Waals surface area contributed by atoms with Gasteiger partial charge in [0.05, 0.1) is 5.69 Å². The minimum atomic E-state index is -4.02. The first-order chi connectivity index (χ1) is 9.64. The standard InChI is InChI=1S/C11H15ClN2O4S3/c1-20(15,16)11-7-19-5-4-14(11)21(17,18)10-6-8(12)2-3-9(10)13/h2-3,6,11H,4-5,7,13H2,1H3. The first-order valence-electron chi connectivity index (χ1n) is 5.97. The average Bonchev–Trinajstić information content (AvgIpc) is 2.40. The fraction of sp³-hybridized carbons (Fsp3) is 0.455. The van der Waals surface area contributed by atoms with Gasteiger partial charge < -0.3 is 5.73 Å². The van der Waals surface area contributed by atoms with Gasteiger partial charge in [0.25, 0.3) is 0 Å². The summed E-state index contributed by atoms with van der Waals surface area (Å²) in [5, 5.41) is -0.857. The van der Waals surface area contributed by atoms with Crippen LogP contribution in [0.3, 0.4) is 0 Å². The van der Waals surface area contributed by atoms with E-state index in [0.717, 1.165) is 10.6 Å². The molecule has 2 N–H and O–H groups in total. The molecular formula is C11H15ClN2O4S3. The molecule has 0 amide bonds. The second-order valence-corrected chi connectivity index (χ2v) is 10.3. The van der Waals surface area contributed by atoms with Crippen LogP contribution in [0.4, 0.5) is 5.69 Å². The first kappa shape index (κ1) is 16.9. The number of thioether (sulfide) groups is 1. The lowest BCUT2D eigenvalue weighted by atomic mass is 10.3. The van der Waals surface area contributed by atoms with Crippen LogP contribution in [0.5, 0.6) is 0 Å². The van der Waals surface area contributed by atoms with Gasteiger partial charge >= 0.3 is 0 Å². The van der Waals surface area contributed by atoms with Crippen molar-refractivity contribution in [2.24, 2.45) is 0 Å². The van der Waals surface area contributed by atoms with Crippen molar-refractivity contribution in [1.82, 2.24) is 4.31 Å². The molecule has 1 aromatic carbocycles. The minimum absolute atomic E-state index is 0.0462. The van der Waals surface area contributed by atoms with Crippen LogP contribution in [0.1, 0.15) is 0 Å². The average molecular weight is 371 g/mol. The predicted molar refractivity (Wildman–Crippen MR) is 85.7 cm³/mol. The molecule has 1 aromatic rings. The van der Waals surface area contributed by atoms with E-state index in [0.29, 0.717) is 5.75 Å². The molecule has 1 heterocycles. The van der Waals surface area contributed by atoms with Crippen LogP contribution < -0.4 is 5.73 Å². The highest BCUT2D eigenvalue weighted by atomic mass is 35.5. The Morgan fingerprint density at radius 1 is 1.33 bits per heavy atom. The lowest BCUT2D eigenvalue weighted by Crippen LogP contribution is -2.49. The molecule has 1 aliphatic rings. The van der Waals surface area contributed by atoms with Crippen LogP contribution in [0, 0.1) is 0 Å². The third-order valence-corrected chi connectivity index (χ3v) is 8.07. The summed E-state index contributed by atoms with van der Waals surface area (Å²) in [6, 6.07) is 4.12. The van der Waals surface area contributed by atoms with E-state index in [2.05, 4.69) is 0 Å². The van der Waals surface area contributed by atoms with Crippen molar-refractivity contribution in [2.45, 2.75) is 10.3 Å². The summed E-state index contributed by atoms with van der Waals surface area (Å²) in [5.41, 5.74) is 5.76. The summed E-state index contributed by atoms with van der Waals surface area (Å²) in [7, 11) is -7.55. The van der Waals surface area contributed by atoms with Crippen molar-refractivity contribution in [1.29, 1.82) is 0 Å². The van der Waals surface area contributed by atoms with Gasteiger partial charge in [0, 0.05) is 29.3 Å². The molecule has 0 spiro atoms. The smallest absolute Gasteiger partial charge is 0.246 e. The van der Waals surface area contributed by atoms with Crippen molar-refractivity contribution >= 4 is 48.9 Å². The second kappa shape index (κ2) is 5.96. The molecule has 0 saturated carbocycles. The van der Waals surface area contributed by atoms with E-state index < -0.39 is 25.2 Å². The van der Waals surface area contributed by atoms with Crippen molar-refractivity contribution in [3.05, 3.63) is 23.2 Å². The Labute approximate surface area is 133 Å². The van der Waals surface area contributed by atoms with Crippen molar-refractivity contribution in [2.75, 3.05) is 30.0 Å². The molecule has 1 atom stereocenters. The molecular weight excluding hydrogens is 356 g/mol. The van der Waals surface area contributed by atoms with E-state index in [-0.39, 0.29) is 27.9 Å². The third kappa shape index (κ3) is 3.48. The van der Waals surface area contributed by atoms with Gasteiger partial charge in [0.15, 0.2) is 9.84 Å². The summed E-state index contributed by atoms with van der Waals surface area (Å²) < 4.78 is 50.2. The van der Waals surface area contributed by atoms with Gasteiger partial charge in [0.2, 0.25) is 10.0 Å². The lowest BCUT2D eigenvalue weighted by molar-refractivity contribution is 0.405.